The van der Waals surface area contributed by atoms with Crippen LogP contribution in [0.5, 0.6) is 0 Å². The minimum atomic E-state index is 0.0881. The maximum atomic E-state index is 11.7. The molecule has 98 valence electrons. The normalized spacial score (nSPS) is 18.8. The molecule has 18 heavy (non-hydrogen) atoms. The van der Waals surface area contributed by atoms with Crippen LogP contribution in [0.15, 0.2) is 24.3 Å². The molecule has 1 heterocycles. The highest BCUT2D eigenvalue weighted by atomic mass is 16.5. The number of aryl methyl sites for hydroxylation is 1. The number of nitrogens with two attached hydrogens (primary N) is 1. The number of hydrogen-bond acceptors (Lipinski definition) is 3. The van der Waals surface area contributed by atoms with Gasteiger partial charge in [-0.05, 0) is 24.5 Å². The van der Waals surface area contributed by atoms with Gasteiger partial charge in [0.2, 0.25) is 5.91 Å². The fraction of sp³-hybridized carbons (Fsp3) is 0.500. The number of rotatable bonds is 5. The predicted octanol–water partition coefficient (Wildman–Crippen LogP) is 1.35. The van der Waals surface area contributed by atoms with Gasteiger partial charge in [0, 0.05) is 31.2 Å². The zero-order valence-corrected chi connectivity index (χ0v) is 10.5. The first-order valence-electron chi connectivity index (χ1n) is 6.43. The molecule has 1 atom stereocenters. The first-order chi connectivity index (χ1) is 8.75. The molecule has 0 aliphatic carbocycles. The SMILES string of the molecule is Nc1ccccc1CCC(=O)NCC1CCOC1. The number of hydrogen-bond donors (Lipinski definition) is 2. The van der Waals surface area contributed by atoms with Gasteiger partial charge < -0.3 is 15.8 Å². The van der Waals surface area contributed by atoms with Gasteiger partial charge in [-0.25, -0.2) is 0 Å². The molecule has 1 aliphatic heterocycles. The van der Waals surface area contributed by atoms with Crippen LogP contribution in [0.25, 0.3) is 0 Å². The zero-order valence-electron chi connectivity index (χ0n) is 10.5. The van der Waals surface area contributed by atoms with Crippen LogP contribution in [0.1, 0.15) is 18.4 Å². The van der Waals surface area contributed by atoms with Crippen LogP contribution < -0.4 is 11.1 Å². The molecule has 1 saturated heterocycles. The maximum Gasteiger partial charge on any atom is 0.220 e. The molecule has 1 fully saturated rings. The van der Waals surface area contributed by atoms with Crippen LogP contribution in [0.3, 0.4) is 0 Å². The van der Waals surface area contributed by atoms with Crippen molar-refractivity contribution < 1.29 is 9.53 Å². The summed E-state index contributed by atoms with van der Waals surface area (Å²) in [5.74, 6) is 0.570. The summed E-state index contributed by atoms with van der Waals surface area (Å²) in [4.78, 5) is 11.7. The van der Waals surface area contributed by atoms with Crippen molar-refractivity contribution in [3.05, 3.63) is 29.8 Å². The molecule has 1 aliphatic rings. The van der Waals surface area contributed by atoms with Crippen LogP contribution in [0.2, 0.25) is 0 Å². The molecule has 1 unspecified atom stereocenters. The van der Waals surface area contributed by atoms with Crippen molar-refractivity contribution in [2.45, 2.75) is 19.3 Å². The van der Waals surface area contributed by atoms with Gasteiger partial charge in [-0.3, -0.25) is 4.79 Å². The van der Waals surface area contributed by atoms with Crippen molar-refractivity contribution >= 4 is 11.6 Å². The van der Waals surface area contributed by atoms with E-state index in [4.69, 9.17) is 10.5 Å². The van der Waals surface area contributed by atoms with Gasteiger partial charge in [-0.1, -0.05) is 18.2 Å². The summed E-state index contributed by atoms with van der Waals surface area (Å²) in [5, 5.41) is 2.95. The van der Waals surface area contributed by atoms with Crippen molar-refractivity contribution in [2.24, 2.45) is 5.92 Å². The second-order valence-corrected chi connectivity index (χ2v) is 4.73. The number of ether oxygens (including phenoxy) is 1. The van der Waals surface area contributed by atoms with Crippen LogP contribution in [0, 0.1) is 5.92 Å². The Morgan fingerprint density at radius 1 is 1.44 bits per heavy atom. The average Bonchev–Trinajstić information content (AvgIpc) is 2.88. The van der Waals surface area contributed by atoms with E-state index in [9.17, 15) is 4.79 Å². The lowest BCUT2D eigenvalue weighted by Crippen LogP contribution is -2.29. The quantitative estimate of drug-likeness (QED) is 0.773. The largest absolute Gasteiger partial charge is 0.399 e. The summed E-state index contributed by atoms with van der Waals surface area (Å²) < 4.78 is 5.27. The summed E-state index contributed by atoms with van der Waals surface area (Å²) in [5.41, 5.74) is 7.63. The second-order valence-electron chi connectivity index (χ2n) is 4.73. The van der Waals surface area contributed by atoms with Gasteiger partial charge in [0.1, 0.15) is 0 Å². The third-order valence-electron chi connectivity index (χ3n) is 3.29. The predicted molar refractivity (Wildman–Crippen MR) is 71.1 cm³/mol. The Balaban J connectivity index is 1.69. The standard InChI is InChI=1S/C14H20N2O2/c15-13-4-2-1-3-12(13)5-6-14(17)16-9-11-7-8-18-10-11/h1-4,11H,5-10,15H2,(H,16,17). The minimum absolute atomic E-state index is 0.0881. The van der Waals surface area contributed by atoms with Crippen LogP contribution in [-0.4, -0.2) is 25.7 Å². The molecule has 0 radical (unpaired) electrons. The lowest BCUT2D eigenvalue weighted by atomic mass is 10.1. The summed E-state index contributed by atoms with van der Waals surface area (Å²) >= 11 is 0. The molecule has 0 bridgehead atoms. The zero-order chi connectivity index (χ0) is 12.8. The van der Waals surface area contributed by atoms with Gasteiger partial charge in [0.15, 0.2) is 0 Å². The minimum Gasteiger partial charge on any atom is -0.399 e. The highest BCUT2D eigenvalue weighted by Crippen LogP contribution is 2.13. The molecule has 0 saturated carbocycles. The third-order valence-corrected chi connectivity index (χ3v) is 3.29. The summed E-state index contributed by atoms with van der Waals surface area (Å²) in [6.45, 7) is 2.32. The highest BCUT2D eigenvalue weighted by Gasteiger charge is 2.16. The first kappa shape index (κ1) is 12.9. The van der Waals surface area contributed by atoms with E-state index < -0.39 is 0 Å². The van der Waals surface area contributed by atoms with Crippen LogP contribution in [-0.2, 0) is 16.0 Å². The number of nitrogen functional groups attached to an aromatic ring is 1. The van der Waals surface area contributed by atoms with E-state index in [1.165, 1.54) is 0 Å². The third kappa shape index (κ3) is 3.74. The molecule has 0 spiro atoms. The van der Waals surface area contributed by atoms with E-state index >= 15 is 0 Å². The average molecular weight is 248 g/mol. The van der Waals surface area contributed by atoms with Gasteiger partial charge in [0.25, 0.3) is 0 Å². The Bertz CT molecular complexity index is 401. The van der Waals surface area contributed by atoms with Crippen molar-refractivity contribution in [1.82, 2.24) is 5.32 Å². The van der Waals surface area contributed by atoms with E-state index in [0.717, 1.165) is 37.4 Å². The molecule has 1 aromatic rings. The van der Waals surface area contributed by atoms with E-state index in [2.05, 4.69) is 5.32 Å². The van der Waals surface area contributed by atoms with Crippen molar-refractivity contribution in [3.8, 4) is 0 Å². The lowest BCUT2D eigenvalue weighted by Gasteiger charge is -2.10. The molecular formula is C14H20N2O2. The summed E-state index contributed by atoms with van der Waals surface area (Å²) in [6.07, 6.45) is 2.23. The molecule has 1 aromatic carbocycles. The Hall–Kier alpha value is -1.55. The Kier molecular flexibility index (Phi) is 4.59. The monoisotopic (exact) mass is 248 g/mol. The number of nitrogens with one attached hydrogen (secondary N) is 1. The van der Waals surface area contributed by atoms with Crippen molar-refractivity contribution in [2.75, 3.05) is 25.5 Å². The van der Waals surface area contributed by atoms with Gasteiger partial charge >= 0.3 is 0 Å². The van der Waals surface area contributed by atoms with Gasteiger partial charge in [0.05, 0.1) is 6.61 Å². The summed E-state index contributed by atoms with van der Waals surface area (Å²) in [7, 11) is 0. The maximum absolute atomic E-state index is 11.7. The number of para-hydroxylation sites is 1. The molecular weight excluding hydrogens is 228 g/mol. The Morgan fingerprint density at radius 2 is 2.28 bits per heavy atom. The van der Waals surface area contributed by atoms with Crippen LogP contribution in [0.4, 0.5) is 5.69 Å². The molecule has 4 heteroatoms. The summed E-state index contributed by atoms with van der Waals surface area (Å²) in [6, 6.07) is 7.68. The number of amides is 1. The molecule has 1 amide bonds. The van der Waals surface area contributed by atoms with Crippen molar-refractivity contribution in [3.63, 3.8) is 0 Å². The molecule has 3 N–H and O–H groups in total. The second kappa shape index (κ2) is 6.40. The fourth-order valence-corrected chi connectivity index (χ4v) is 2.10. The molecule has 0 aromatic heterocycles. The number of carbonyl (C=O) groups is 1. The highest BCUT2D eigenvalue weighted by molar-refractivity contribution is 5.76. The van der Waals surface area contributed by atoms with E-state index in [1.807, 2.05) is 24.3 Å². The topological polar surface area (TPSA) is 64.4 Å². The number of benzene rings is 1. The number of carbonyl (C=O) groups excluding carboxylic acids is 1. The smallest absolute Gasteiger partial charge is 0.220 e. The van der Waals surface area contributed by atoms with E-state index in [-0.39, 0.29) is 5.91 Å². The van der Waals surface area contributed by atoms with E-state index in [1.54, 1.807) is 0 Å². The van der Waals surface area contributed by atoms with Gasteiger partial charge in [-0.15, -0.1) is 0 Å². The van der Waals surface area contributed by atoms with Gasteiger partial charge in [-0.2, -0.15) is 0 Å². The fourth-order valence-electron chi connectivity index (χ4n) is 2.10. The first-order valence-corrected chi connectivity index (χ1v) is 6.43. The van der Waals surface area contributed by atoms with Crippen molar-refractivity contribution in [1.29, 1.82) is 0 Å². The Labute approximate surface area is 108 Å². The Morgan fingerprint density at radius 3 is 3.00 bits per heavy atom. The lowest BCUT2D eigenvalue weighted by molar-refractivity contribution is -0.121. The number of anilines is 1. The molecule has 4 nitrogen and oxygen atoms in total. The van der Waals surface area contributed by atoms with Crippen LogP contribution >= 0.6 is 0 Å². The molecule has 2 rings (SSSR count). The van der Waals surface area contributed by atoms with E-state index in [0.29, 0.717) is 18.8 Å².